The number of hydrogen-bond acceptors (Lipinski definition) is 6. The Balaban J connectivity index is 1.55. The number of para-hydroxylation sites is 1. The van der Waals surface area contributed by atoms with Crippen LogP contribution in [0.2, 0.25) is 0 Å². The molecule has 0 saturated heterocycles. The van der Waals surface area contributed by atoms with E-state index < -0.39 is 0 Å². The highest BCUT2D eigenvalue weighted by Gasteiger charge is 2.25. The Labute approximate surface area is 223 Å². The van der Waals surface area contributed by atoms with Crippen molar-refractivity contribution in [2.75, 3.05) is 39.2 Å². The Morgan fingerprint density at radius 3 is 2.55 bits per heavy atom. The maximum atomic E-state index is 13.5. The molecule has 1 aliphatic heterocycles. The number of anilines is 1. The summed E-state index contributed by atoms with van der Waals surface area (Å²) in [5.74, 6) is 1.38. The average Bonchev–Trinajstić information content (AvgIpc) is 2.93. The van der Waals surface area contributed by atoms with Crippen LogP contribution in [-0.4, -0.2) is 62.7 Å². The zero-order valence-electron chi connectivity index (χ0n) is 22.3. The van der Waals surface area contributed by atoms with Crippen molar-refractivity contribution in [1.82, 2.24) is 10.2 Å². The molecule has 1 heterocycles. The van der Waals surface area contributed by atoms with Crippen molar-refractivity contribution < 1.29 is 23.8 Å². The molecule has 0 spiro atoms. The Morgan fingerprint density at radius 1 is 1.03 bits per heavy atom. The molecule has 2 amide bonds. The quantitative estimate of drug-likeness (QED) is 0.504. The van der Waals surface area contributed by atoms with Gasteiger partial charge in [-0.3, -0.25) is 9.59 Å². The molecule has 8 heteroatoms. The van der Waals surface area contributed by atoms with Crippen LogP contribution in [0.3, 0.4) is 0 Å². The summed E-state index contributed by atoms with van der Waals surface area (Å²) >= 11 is 0. The normalized spacial score (nSPS) is 20.4. The molecule has 0 bridgehead atoms. The van der Waals surface area contributed by atoms with Crippen LogP contribution in [0.1, 0.15) is 34.6 Å². The lowest BCUT2D eigenvalue weighted by Crippen LogP contribution is -2.44. The number of fused-ring (bicyclic) bond motifs is 1. The Kier molecular flexibility index (Phi) is 8.99. The molecule has 0 fully saturated rings. The fourth-order valence-electron chi connectivity index (χ4n) is 4.27. The van der Waals surface area contributed by atoms with Crippen molar-refractivity contribution in [2.24, 2.45) is 5.92 Å². The van der Waals surface area contributed by atoms with Crippen LogP contribution in [0.25, 0.3) is 0 Å². The first-order valence-electron chi connectivity index (χ1n) is 12.8. The summed E-state index contributed by atoms with van der Waals surface area (Å²) in [7, 11) is 3.41. The lowest BCUT2D eigenvalue weighted by molar-refractivity contribution is 0.0281. The number of methoxy groups -OCH3 is 1. The van der Waals surface area contributed by atoms with Gasteiger partial charge >= 0.3 is 0 Å². The molecule has 4 rings (SSSR count). The van der Waals surface area contributed by atoms with Gasteiger partial charge in [0.1, 0.15) is 23.9 Å². The monoisotopic (exact) mass is 517 g/mol. The van der Waals surface area contributed by atoms with Gasteiger partial charge in [-0.1, -0.05) is 31.2 Å². The van der Waals surface area contributed by atoms with E-state index in [1.165, 1.54) is 0 Å². The fourth-order valence-corrected chi connectivity index (χ4v) is 4.27. The number of nitrogens with one attached hydrogen (secondary N) is 2. The van der Waals surface area contributed by atoms with E-state index in [4.69, 9.17) is 14.2 Å². The lowest BCUT2D eigenvalue weighted by Gasteiger charge is -2.30. The third-order valence-electron chi connectivity index (χ3n) is 6.56. The highest BCUT2D eigenvalue weighted by molar-refractivity contribution is 6.05. The standard InChI is InChI=1S/C30H35N3O5/c1-20-17-31-21(2)19-37-27-14-13-23(16-26(27)30(35)33(3)18-28(20)36-4)32-29(34)22-9-8-12-25(15-22)38-24-10-6-5-7-11-24/h5-16,20-21,28,31H,17-19H2,1-4H3,(H,32,34)/t20-,21-,28-/m1/s1. The van der Waals surface area contributed by atoms with E-state index in [1.54, 1.807) is 61.5 Å². The molecular formula is C30H35N3O5. The smallest absolute Gasteiger partial charge is 0.257 e. The van der Waals surface area contributed by atoms with Gasteiger partial charge in [0.25, 0.3) is 11.8 Å². The maximum absolute atomic E-state index is 13.5. The predicted molar refractivity (Wildman–Crippen MR) is 147 cm³/mol. The summed E-state index contributed by atoms with van der Waals surface area (Å²) in [5.41, 5.74) is 1.30. The van der Waals surface area contributed by atoms with E-state index in [-0.39, 0.29) is 29.9 Å². The zero-order chi connectivity index (χ0) is 27.1. The van der Waals surface area contributed by atoms with Crippen LogP contribution >= 0.6 is 0 Å². The van der Waals surface area contributed by atoms with Crippen LogP contribution in [-0.2, 0) is 4.74 Å². The van der Waals surface area contributed by atoms with Crippen LogP contribution in [0.5, 0.6) is 17.2 Å². The van der Waals surface area contributed by atoms with Gasteiger partial charge in [-0.05, 0) is 61.4 Å². The van der Waals surface area contributed by atoms with Gasteiger partial charge in [0, 0.05) is 44.5 Å². The topological polar surface area (TPSA) is 89.1 Å². The Hall–Kier alpha value is -3.88. The Morgan fingerprint density at radius 2 is 1.79 bits per heavy atom. The van der Waals surface area contributed by atoms with E-state index in [2.05, 4.69) is 17.6 Å². The molecule has 0 aliphatic carbocycles. The third-order valence-corrected chi connectivity index (χ3v) is 6.56. The second kappa shape index (κ2) is 12.6. The first-order chi connectivity index (χ1) is 18.3. The molecule has 0 saturated carbocycles. The van der Waals surface area contributed by atoms with Crippen molar-refractivity contribution in [3.05, 3.63) is 83.9 Å². The SMILES string of the molecule is CO[C@@H]1CN(C)C(=O)c2cc(NC(=O)c3cccc(Oc4ccccc4)c3)ccc2OC[C@@H](C)NC[C@H]1C. The van der Waals surface area contributed by atoms with Crippen molar-refractivity contribution in [3.63, 3.8) is 0 Å². The van der Waals surface area contributed by atoms with Gasteiger partial charge in [-0.15, -0.1) is 0 Å². The van der Waals surface area contributed by atoms with Gasteiger partial charge in [0.2, 0.25) is 0 Å². The molecule has 3 aromatic carbocycles. The first-order valence-corrected chi connectivity index (χ1v) is 12.8. The second-order valence-electron chi connectivity index (χ2n) is 9.67. The van der Waals surface area contributed by atoms with Crippen molar-refractivity contribution in [1.29, 1.82) is 0 Å². The summed E-state index contributed by atoms with van der Waals surface area (Å²) in [6.07, 6.45) is -0.124. The fraction of sp³-hybridized carbons (Fsp3) is 0.333. The van der Waals surface area contributed by atoms with E-state index in [0.29, 0.717) is 47.2 Å². The molecule has 3 atom stereocenters. The zero-order valence-corrected chi connectivity index (χ0v) is 22.3. The molecule has 0 unspecified atom stereocenters. The molecule has 38 heavy (non-hydrogen) atoms. The minimum atomic E-state index is -0.315. The number of carbonyl (C=O) groups excluding carboxylic acids is 2. The molecular weight excluding hydrogens is 482 g/mol. The van der Waals surface area contributed by atoms with E-state index in [1.807, 2.05) is 37.3 Å². The van der Waals surface area contributed by atoms with Crippen molar-refractivity contribution in [2.45, 2.75) is 26.0 Å². The van der Waals surface area contributed by atoms with Crippen molar-refractivity contribution in [3.8, 4) is 17.2 Å². The predicted octanol–water partition coefficient (Wildman–Crippen LogP) is 4.82. The van der Waals surface area contributed by atoms with Crippen LogP contribution in [0.15, 0.2) is 72.8 Å². The minimum Gasteiger partial charge on any atom is -0.491 e. The number of likely N-dealkylation sites (N-methyl/N-ethyl adjacent to an activating group) is 1. The first kappa shape index (κ1) is 27.2. The van der Waals surface area contributed by atoms with Gasteiger partial charge in [0.05, 0.1) is 11.7 Å². The number of ether oxygens (including phenoxy) is 3. The van der Waals surface area contributed by atoms with Crippen LogP contribution in [0, 0.1) is 5.92 Å². The summed E-state index contributed by atoms with van der Waals surface area (Å²) in [6, 6.07) is 21.5. The molecule has 0 aromatic heterocycles. The number of benzene rings is 3. The largest absolute Gasteiger partial charge is 0.491 e. The van der Waals surface area contributed by atoms with E-state index in [0.717, 1.165) is 6.54 Å². The van der Waals surface area contributed by atoms with Gasteiger partial charge in [0.15, 0.2) is 0 Å². The van der Waals surface area contributed by atoms with E-state index in [9.17, 15) is 9.59 Å². The van der Waals surface area contributed by atoms with Crippen molar-refractivity contribution >= 4 is 17.5 Å². The summed E-state index contributed by atoms with van der Waals surface area (Å²) < 4.78 is 17.6. The number of nitrogens with zero attached hydrogens (tertiary/aromatic N) is 1. The molecule has 1 aliphatic rings. The molecule has 8 nitrogen and oxygen atoms in total. The van der Waals surface area contributed by atoms with Crippen LogP contribution in [0.4, 0.5) is 5.69 Å². The Bertz CT molecular complexity index is 1250. The highest BCUT2D eigenvalue weighted by Crippen LogP contribution is 2.27. The second-order valence-corrected chi connectivity index (χ2v) is 9.67. The van der Waals surface area contributed by atoms with Gasteiger partial charge in [-0.2, -0.15) is 0 Å². The molecule has 3 aromatic rings. The summed E-state index contributed by atoms with van der Waals surface area (Å²) in [6.45, 7) is 5.71. The average molecular weight is 518 g/mol. The third kappa shape index (κ3) is 6.90. The number of carbonyl (C=O) groups is 2. The molecule has 2 N–H and O–H groups in total. The van der Waals surface area contributed by atoms with E-state index >= 15 is 0 Å². The lowest BCUT2D eigenvalue weighted by atomic mass is 10.0. The number of hydrogen-bond donors (Lipinski definition) is 2. The summed E-state index contributed by atoms with van der Waals surface area (Å²) in [5, 5.41) is 6.37. The molecule has 0 radical (unpaired) electrons. The summed E-state index contributed by atoms with van der Waals surface area (Å²) in [4.78, 5) is 28.2. The number of rotatable bonds is 5. The molecule has 200 valence electrons. The minimum absolute atomic E-state index is 0.0832. The maximum Gasteiger partial charge on any atom is 0.257 e. The van der Waals surface area contributed by atoms with Gasteiger partial charge in [-0.25, -0.2) is 0 Å². The van der Waals surface area contributed by atoms with Gasteiger partial charge < -0.3 is 29.7 Å². The number of amides is 2. The van der Waals surface area contributed by atoms with Crippen LogP contribution < -0.4 is 20.1 Å². The highest BCUT2D eigenvalue weighted by atomic mass is 16.5.